The minimum absolute atomic E-state index is 0.253. The zero-order valence-electron chi connectivity index (χ0n) is 10.8. The second kappa shape index (κ2) is 5.97. The maximum Gasteiger partial charge on any atom is 0.216 e. The highest BCUT2D eigenvalue weighted by molar-refractivity contribution is 5.21. The summed E-state index contributed by atoms with van der Waals surface area (Å²) in [4.78, 5) is 4.12. The van der Waals surface area contributed by atoms with Crippen LogP contribution < -0.4 is 0 Å². The fourth-order valence-electron chi connectivity index (χ4n) is 1.98. The Kier molecular flexibility index (Phi) is 4.91. The van der Waals surface area contributed by atoms with Gasteiger partial charge >= 0.3 is 0 Å². The van der Waals surface area contributed by atoms with Crippen molar-refractivity contribution in [3.8, 4) is 0 Å². The molecule has 0 fully saturated rings. The van der Waals surface area contributed by atoms with Gasteiger partial charge in [0.15, 0.2) is 0 Å². The first-order valence-electron chi connectivity index (χ1n) is 6.30. The van der Waals surface area contributed by atoms with Crippen molar-refractivity contribution < 1.29 is 4.39 Å². The van der Waals surface area contributed by atoms with E-state index >= 15 is 0 Å². The predicted molar refractivity (Wildman–Crippen MR) is 66.2 cm³/mol. The molecule has 1 heterocycles. The Labute approximate surface area is 98.1 Å². The van der Waals surface area contributed by atoms with Gasteiger partial charge in [-0.15, -0.1) is 0 Å². The first kappa shape index (κ1) is 13.1. The van der Waals surface area contributed by atoms with Crippen LogP contribution in [-0.2, 0) is 0 Å². The molecular weight excluding hydrogens is 201 g/mol. The Morgan fingerprint density at radius 1 is 1.12 bits per heavy atom. The number of hydrogen-bond acceptors (Lipinski definition) is 1. The summed E-state index contributed by atoms with van der Waals surface area (Å²) in [6.45, 7) is 8.35. The highest BCUT2D eigenvalue weighted by Gasteiger charge is 2.14. The molecule has 1 aromatic heterocycles. The van der Waals surface area contributed by atoms with E-state index in [1.165, 1.54) is 0 Å². The van der Waals surface area contributed by atoms with Crippen molar-refractivity contribution >= 4 is 0 Å². The van der Waals surface area contributed by atoms with Gasteiger partial charge in [-0.2, -0.15) is 4.39 Å². The van der Waals surface area contributed by atoms with Crippen molar-refractivity contribution in [3.05, 3.63) is 29.3 Å². The molecular formula is C14H22FN. The van der Waals surface area contributed by atoms with Gasteiger partial charge in [0.25, 0.3) is 0 Å². The molecule has 0 saturated heterocycles. The lowest BCUT2D eigenvalue weighted by Crippen LogP contribution is -2.05. The van der Waals surface area contributed by atoms with Crippen LogP contribution in [0.5, 0.6) is 0 Å². The van der Waals surface area contributed by atoms with Gasteiger partial charge in [0, 0.05) is 17.2 Å². The molecule has 1 aromatic rings. The predicted octanol–water partition coefficient (Wildman–Crippen LogP) is 4.64. The molecule has 0 bridgehead atoms. The molecule has 2 heteroatoms. The number of rotatable bonds is 5. The average molecular weight is 223 g/mol. The normalized spacial score (nSPS) is 13.1. The molecule has 0 aliphatic carbocycles. The Morgan fingerprint density at radius 2 is 1.75 bits per heavy atom. The van der Waals surface area contributed by atoms with Crippen LogP contribution in [0.3, 0.4) is 0 Å². The fraction of sp³-hybridized carbons (Fsp3) is 0.643. The molecule has 90 valence electrons. The van der Waals surface area contributed by atoms with Crippen LogP contribution in [-0.4, -0.2) is 4.98 Å². The van der Waals surface area contributed by atoms with Gasteiger partial charge in [-0.1, -0.05) is 33.8 Å². The van der Waals surface area contributed by atoms with Crippen molar-refractivity contribution in [1.82, 2.24) is 4.98 Å². The highest BCUT2D eigenvalue weighted by Crippen LogP contribution is 2.25. The van der Waals surface area contributed by atoms with Gasteiger partial charge < -0.3 is 0 Å². The molecule has 0 spiro atoms. The lowest BCUT2D eigenvalue weighted by atomic mass is 9.95. The zero-order chi connectivity index (χ0) is 12.1. The zero-order valence-corrected chi connectivity index (χ0v) is 10.8. The lowest BCUT2D eigenvalue weighted by molar-refractivity contribution is 0.524. The van der Waals surface area contributed by atoms with E-state index < -0.39 is 0 Å². The van der Waals surface area contributed by atoms with Crippen molar-refractivity contribution in [2.45, 2.75) is 58.8 Å². The summed E-state index contributed by atoms with van der Waals surface area (Å²) in [7, 11) is 0. The standard InChI is InChI=1S/C14H22FN/c1-5-10(4)12-8-9-13(16-14(12)15)11(6-2)7-3/h8-11H,5-7H2,1-4H3. The number of nitrogens with zero attached hydrogens (tertiary/aromatic N) is 1. The minimum Gasteiger partial charge on any atom is -0.224 e. The van der Waals surface area contributed by atoms with Crippen molar-refractivity contribution in [3.63, 3.8) is 0 Å². The van der Waals surface area contributed by atoms with Crippen molar-refractivity contribution in [1.29, 1.82) is 0 Å². The smallest absolute Gasteiger partial charge is 0.216 e. The molecule has 0 N–H and O–H groups in total. The monoisotopic (exact) mass is 223 g/mol. The molecule has 0 saturated carbocycles. The summed E-state index contributed by atoms with van der Waals surface area (Å²) in [5.41, 5.74) is 1.65. The Hall–Kier alpha value is -0.920. The van der Waals surface area contributed by atoms with Crippen molar-refractivity contribution in [2.24, 2.45) is 0 Å². The third kappa shape index (κ3) is 2.81. The number of hydrogen-bond donors (Lipinski definition) is 0. The van der Waals surface area contributed by atoms with Gasteiger partial charge in [-0.3, -0.25) is 0 Å². The summed E-state index contributed by atoms with van der Waals surface area (Å²) in [6.07, 6.45) is 2.99. The summed E-state index contributed by atoms with van der Waals surface area (Å²) >= 11 is 0. The summed E-state index contributed by atoms with van der Waals surface area (Å²) < 4.78 is 13.8. The first-order chi connectivity index (χ1) is 7.63. The fourth-order valence-corrected chi connectivity index (χ4v) is 1.98. The second-order valence-electron chi connectivity index (χ2n) is 4.44. The van der Waals surface area contributed by atoms with Gasteiger partial charge in [-0.25, -0.2) is 4.98 Å². The van der Waals surface area contributed by atoms with Crippen LogP contribution in [0.2, 0.25) is 0 Å². The molecule has 1 nitrogen and oxygen atoms in total. The van der Waals surface area contributed by atoms with E-state index in [0.29, 0.717) is 5.92 Å². The van der Waals surface area contributed by atoms with Gasteiger partial charge in [0.2, 0.25) is 5.95 Å². The third-order valence-electron chi connectivity index (χ3n) is 3.45. The number of halogens is 1. The maximum absolute atomic E-state index is 13.8. The molecule has 0 aliphatic rings. The Balaban J connectivity index is 2.98. The first-order valence-corrected chi connectivity index (χ1v) is 6.30. The summed E-state index contributed by atoms with van der Waals surface area (Å²) in [5.74, 6) is 0.363. The highest BCUT2D eigenvalue weighted by atomic mass is 19.1. The Morgan fingerprint density at radius 3 is 2.19 bits per heavy atom. The van der Waals surface area contributed by atoms with Crippen LogP contribution >= 0.6 is 0 Å². The average Bonchev–Trinajstić information content (AvgIpc) is 2.30. The maximum atomic E-state index is 13.8. The molecule has 0 aromatic carbocycles. The van der Waals surface area contributed by atoms with Gasteiger partial charge in [-0.05, 0) is 31.2 Å². The molecule has 16 heavy (non-hydrogen) atoms. The van der Waals surface area contributed by atoms with E-state index in [0.717, 1.165) is 30.5 Å². The number of pyridine rings is 1. The van der Waals surface area contributed by atoms with E-state index in [-0.39, 0.29) is 11.9 Å². The molecule has 0 amide bonds. The van der Waals surface area contributed by atoms with Gasteiger partial charge in [0.1, 0.15) is 0 Å². The van der Waals surface area contributed by atoms with Gasteiger partial charge in [0.05, 0.1) is 0 Å². The molecule has 0 radical (unpaired) electrons. The number of aromatic nitrogens is 1. The third-order valence-corrected chi connectivity index (χ3v) is 3.45. The lowest BCUT2D eigenvalue weighted by Gasteiger charge is -2.15. The molecule has 1 unspecified atom stereocenters. The Bertz CT molecular complexity index is 332. The van der Waals surface area contributed by atoms with E-state index in [9.17, 15) is 4.39 Å². The largest absolute Gasteiger partial charge is 0.224 e. The van der Waals surface area contributed by atoms with E-state index in [1.807, 2.05) is 19.1 Å². The second-order valence-corrected chi connectivity index (χ2v) is 4.44. The molecule has 1 atom stereocenters. The molecule has 1 rings (SSSR count). The topological polar surface area (TPSA) is 12.9 Å². The summed E-state index contributed by atoms with van der Waals surface area (Å²) in [6, 6.07) is 3.90. The quantitative estimate of drug-likeness (QED) is 0.663. The van der Waals surface area contributed by atoms with E-state index in [2.05, 4.69) is 25.8 Å². The molecule has 0 aliphatic heterocycles. The van der Waals surface area contributed by atoms with Crippen LogP contribution in [0.4, 0.5) is 4.39 Å². The van der Waals surface area contributed by atoms with E-state index in [1.54, 1.807) is 0 Å². The van der Waals surface area contributed by atoms with Crippen LogP contribution in [0.25, 0.3) is 0 Å². The summed E-state index contributed by atoms with van der Waals surface area (Å²) in [5, 5.41) is 0. The van der Waals surface area contributed by atoms with Crippen LogP contribution in [0.1, 0.15) is 70.1 Å². The van der Waals surface area contributed by atoms with Crippen LogP contribution in [0, 0.1) is 5.95 Å². The van der Waals surface area contributed by atoms with Crippen LogP contribution in [0.15, 0.2) is 12.1 Å². The SMILES string of the molecule is CCC(C)c1ccc(C(CC)CC)nc1F. The van der Waals surface area contributed by atoms with E-state index in [4.69, 9.17) is 0 Å². The van der Waals surface area contributed by atoms with Crippen molar-refractivity contribution in [2.75, 3.05) is 0 Å². The minimum atomic E-state index is -0.279.